The number of hydrogen-bond donors (Lipinski definition) is 1. The van der Waals surface area contributed by atoms with E-state index in [0.29, 0.717) is 6.04 Å². The summed E-state index contributed by atoms with van der Waals surface area (Å²) in [6, 6.07) is 4.95. The Hall–Kier alpha value is -0.380. The summed E-state index contributed by atoms with van der Waals surface area (Å²) in [4.78, 5) is 3.92. The third kappa shape index (κ3) is 5.19. The van der Waals surface area contributed by atoms with Crippen LogP contribution in [0.5, 0.6) is 0 Å². The molecule has 1 atom stereocenters. The maximum absolute atomic E-state index is 5.76. The first-order chi connectivity index (χ1) is 7.94. The molecule has 1 aromatic heterocycles. The summed E-state index contributed by atoms with van der Waals surface area (Å²) < 4.78 is 0. The molecule has 0 bridgehead atoms. The fourth-order valence-corrected chi connectivity index (χ4v) is 2.50. The van der Waals surface area contributed by atoms with Crippen LogP contribution in [0.1, 0.15) is 32.1 Å². The highest BCUT2D eigenvalue weighted by Crippen LogP contribution is 2.20. The van der Waals surface area contributed by atoms with Crippen molar-refractivity contribution in [3.8, 4) is 0 Å². The molecule has 0 radical (unpaired) electrons. The summed E-state index contributed by atoms with van der Waals surface area (Å²) in [5.74, 6) is 0. The van der Waals surface area contributed by atoms with Gasteiger partial charge in [-0.15, -0.1) is 11.3 Å². The Morgan fingerprint density at radius 1 is 1.47 bits per heavy atom. The number of likely N-dealkylation sites (N-methyl/N-ethyl adjacent to an activating group) is 1. The van der Waals surface area contributed by atoms with Crippen LogP contribution < -0.4 is 5.73 Å². The molecule has 2 N–H and O–H groups in total. The number of hydrogen-bond acceptors (Lipinski definition) is 3. The SMILES string of the molecule is CC(Cc1cccs1)N(C)CCC(C)(C)CN. The van der Waals surface area contributed by atoms with E-state index in [0.717, 1.165) is 25.9 Å². The van der Waals surface area contributed by atoms with E-state index in [1.54, 1.807) is 0 Å². The third-order valence-corrected chi connectivity index (χ3v) is 4.42. The van der Waals surface area contributed by atoms with Crippen LogP contribution in [0.15, 0.2) is 17.5 Å². The predicted molar refractivity (Wildman–Crippen MR) is 77.6 cm³/mol. The molecule has 98 valence electrons. The van der Waals surface area contributed by atoms with E-state index in [1.165, 1.54) is 4.88 Å². The minimum absolute atomic E-state index is 0.261. The third-order valence-electron chi connectivity index (χ3n) is 3.52. The molecular formula is C14H26N2S. The molecule has 0 aliphatic heterocycles. The Balaban J connectivity index is 2.34. The predicted octanol–water partition coefficient (Wildman–Crippen LogP) is 2.99. The highest BCUT2D eigenvalue weighted by molar-refractivity contribution is 7.09. The molecule has 3 heteroatoms. The van der Waals surface area contributed by atoms with Crippen molar-refractivity contribution in [3.05, 3.63) is 22.4 Å². The Kier molecular flexibility index (Phi) is 5.63. The summed E-state index contributed by atoms with van der Waals surface area (Å²) in [6.45, 7) is 8.67. The number of thiophene rings is 1. The monoisotopic (exact) mass is 254 g/mol. The van der Waals surface area contributed by atoms with Gasteiger partial charge in [0, 0.05) is 10.9 Å². The van der Waals surface area contributed by atoms with Gasteiger partial charge < -0.3 is 10.6 Å². The van der Waals surface area contributed by atoms with Gasteiger partial charge in [0.1, 0.15) is 0 Å². The summed E-state index contributed by atoms with van der Waals surface area (Å²) in [5.41, 5.74) is 6.02. The molecule has 1 aromatic rings. The lowest BCUT2D eigenvalue weighted by Crippen LogP contribution is -2.35. The fourth-order valence-electron chi connectivity index (χ4n) is 1.68. The molecule has 0 saturated heterocycles. The van der Waals surface area contributed by atoms with Crippen molar-refractivity contribution in [2.45, 2.75) is 39.7 Å². The van der Waals surface area contributed by atoms with E-state index in [9.17, 15) is 0 Å². The van der Waals surface area contributed by atoms with E-state index in [4.69, 9.17) is 5.73 Å². The van der Waals surface area contributed by atoms with Crippen LogP contribution in [0.3, 0.4) is 0 Å². The van der Waals surface area contributed by atoms with Crippen molar-refractivity contribution >= 4 is 11.3 Å². The first-order valence-electron chi connectivity index (χ1n) is 6.37. The van der Waals surface area contributed by atoms with Gasteiger partial charge in [-0.2, -0.15) is 0 Å². The van der Waals surface area contributed by atoms with Crippen LogP contribution in [-0.2, 0) is 6.42 Å². The van der Waals surface area contributed by atoms with Crippen LogP contribution >= 0.6 is 11.3 Å². The summed E-state index contributed by atoms with van der Waals surface area (Å²) >= 11 is 1.85. The van der Waals surface area contributed by atoms with Crippen molar-refractivity contribution in [2.75, 3.05) is 20.1 Å². The molecule has 0 aromatic carbocycles. The molecule has 2 nitrogen and oxygen atoms in total. The fraction of sp³-hybridized carbons (Fsp3) is 0.714. The Morgan fingerprint density at radius 3 is 2.71 bits per heavy atom. The molecule has 0 amide bonds. The van der Waals surface area contributed by atoms with E-state index in [2.05, 4.69) is 50.2 Å². The maximum atomic E-state index is 5.76. The molecule has 1 unspecified atom stereocenters. The van der Waals surface area contributed by atoms with E-state index >= 15 is 0 Å². The Labute approximate surface area is 110 Å². The van der Waals surface area contributed by atoms with Crippen molar-refractivity contribution in [3.63, 3.8) is 0 Å². The number of nitrogens with zero attached hydrogens (tertiary/aromatic N) is 1. The van der Waals surface area contributed by atoms with Crippen molar-refractivity contribution < 1.29 is 0 Å². The van der Waals surface area contributed by atoms with Gasteiger partial charge in [0.15, 0.2) is 0 Å². The van der Waals surface area contributed by atoms with E-state index in [1.807, 2.05) is 11.3 Å². The average Bonchev–Trinajstić information content (AvgIpc) is 2.78. The van der Waals surface area contributed by atoms with Crippen LogP contribution in [0.25, 0.3) is 0 Å². The maximum Gasteiger partial charge on any atom is 0.0112 e. The highest BCUT2D eigenvalue weighted by atomic mass is 32.1. The first kappa shape index (κ1) is 14.7. The summed E-state index contributed by atoms with van der Waals surface area (Å²) in [5, 5.41) is 2.15. The minimum Gasteiger partial charge on any atom is -0.330 e. The summed E-state index contributed by atoms with van der Waals surface area (Å²) in [6.07, 6.45) is 2.31. The van der Waals surface area contributed by atoms with Gasteiger partial charge in [-0.3, -0.25) is 0 Å². The van der Waals surface area contributed by atoms with Gasteiger partial charge in [0.05, 0.1) is 0 Å². The average molecular weight is 254 g/mol. The Morgan fingerprint density at radius 2 is 2.18 bits per heavy atom. The quantitative estimate of drug-likeness (QED) is 0.810. The van der Waals surface area contributed by atoms with Gasteiger partial charge in [0.2, 0.25) is 0 Å². The van der Waals surface area contributed by atoms with Gasteiger partial charge in [-0.05, 0) is 56.8 Å². The summed E-state index contributed by atoms with van der Waals surface area (Å²) in [7, 11) is 2.21. The zero-order valence-electron chi connectivity index (χ0n) is 11.6. The lowest BCUT2D eigenvalue weighted by atomic mass is 9.89. The largest absolute Gasteiger partial charge is 0.330 e. The zero-order valence-corrected chi connectivity index (χ0v) is 12.4. The standard InChI is InChI=1S/C14H26N2S/c1-12(10-13-6-5-9-17-13)16(4)8-7-14(2,3)11-15/h5-6,9,12H,7-8,10-11,15H2,1-4H3. The van der Waals surface area contributed by atoms with Crippen molar-refractivity contribution in [1.29, 1.82) is 0 Å². The molecule has 1 heterocycles. The second kappa shape index (κ2) is 6.53. The van der Waals surface area contributed by atoms with Crippen molar-refractivity contribution in [1.82, 2.24) is 4.90 Å². The number of rotatable bonds is 7. The molecule has 0 saturated carbocycles. The van der Waals surface area contributed by atoms with Crippen molar-refractivity contribution in [2.24, 2.45) is 11.1 Å². The Bertz CT molecular complexity index is 306. The van der Waals surface area contributed by atoms with Crippen LogP contribution in [0, 0.1) is 5.41 Å². The van der Waals surface area contributed by atoms with Gasteiger partial charge >= 0.3 is 0 Å². The lowest BCUT2D eigenvalue weighted by molar-refractivity contribution is 0.210. The molecular weight excluding hydrogens is 228 g/mol. The second-order valence-electron chi connectivity index (χ2n) is 5.73. The van der Waals surface area contributed by atoms with E-state index < -0.39 is 0 Å². The van der Waals surface area contributed by atoms with Crippen LogP contribution in [0.4, 0.5) is 0 Å². The molecule has 0 fully saturated rings. The minimum atomic E-state index is 0.261. The van der Waals surface area contributed by atoms with Gasteiger partial charge in [-0.25, -0.2) is 0 Å². The molecule has 0 aliphatic rings. The molecule has 0 aliphatic carbocycles. The highest BCUT2D eigenvalue weighted by Gasteiger charge is 2.18. The van der Waals surface area contributed by atoms with Gasteiger partial charge in [-0.1, -0.05) is 19.9 Å². The topological polar surface area (TPSA) is 29.3 Å². The lowest BCUT2D eigenvalue weighted by Gasteiger charge is -2.29. The van der Waals surface area contributed by atoms with Gasteiger partial charge in [0.25, 0.3) is 0 Å². The number of nitrogens with two attached hydrogens (primary N) is 1. The van der Waals surface area contributed by atoms with E-state index in [-0.39, 0.29) is 5.41 Å². The molecule has 17 heavy (non-hydrogen) atoms. The van der Waals surface area contributed by atoms with Crippen LogP contribution in [-0.4, -0.2) is 31.1 Å². The first-order valence-corrected chi connectivity index (χ1v) is 7.25. The smallest absolute Gasteiger partial charge is 0.0112 e. The second-order valence-corrected chi connectivity index (χ2v) is 6.76. The zero-order chi connectivity index (χ0) is 12.9. The molecule has 0 spiro atoms. The normalized spacial score (nSPS) is 14.2. The molecule has 1 rings (SSSR count). The van der Waals surface area contributed by atoms with Crippen LogP contribution in [0.2, 0.25) is 0 Å².